The van der Waals surface area contributed by atoms with Gasteiger partial charge in [-0.15, -0.1) is 0 Å². The van der Waals surface area contributed by atoms with Crippen LogP contribution in [0.25, 0.3) is 0 Å². The summed E-state index contributed by atoms with van der Waals surface area (Å²) in [5, 5.41) is 2.33. The maximum Gasteiger partial charge on any atom is 0.344 e. The Kier molecular flexibility index (Phi) is 5.35. The summed E-state index contributed by atoms with van der Waals surface area (Å²) in [5.41, 5.74) is -0.610. The number of ether oxygens (including phenoxy) is 1. The number of esters is 1. The SMILES string of the molecule is O=C(COC(=O)c1c(F)cccc1F)NCc1ccccc1F. The minimum atomic E-state index is -1.29. The Bertz CT molecular complexity index is 714. The molecule has 2 aromatic rings. The lowest BCUT2D eigenvalue weighted by Gasteiger charge is -2.08. The minimum absolute atomic E-state index is 0.100. The first-order chi connectivity index (χ1) is 11.0. The first-order valence-corrected chi connectivity index (χ1v) is 6.60. The smallest absolute Gasteiger partial charge is 0.344 e. The Morgan fingerprint density at radius 2 is 1.52 bits per heavy atom. The fraction of sp³-hybridized carbons (Fsp3) is 0.125. The molecule has 0 spiro atoms. The molecular weight excluding hydrogens is 311 g/mol. The molecule has 0 aromatic heterocycles. The largest absolute Gasteiger partial charge is 0.452 e. The van der Waals surface area contributed by atoms with Gasteiger partial charge in [0.1, 0.15) is 23.0 Å². The predicted molar refractivity (Wildman–Crippen MR) is 74.9 cm³/mol. The summed E-state index contributed by atoms with van der Waals surface area (Å²) in [4.78, 5) is 23.1. The van der Waals surface area contributed by atoms with Crippen molar-refractivity contribution >= 4 is 11.9 Å². The van der Waals surface area contributed by atoms with Crippen LogP contribution in [-0.2, 0) is 16.1 Å². The van der Waals surface area contributed by atoms with Crippen LogP contribution in [0.3, 0.4) is 0 Å². The molecule has 0 aliphatic heterocycles. The topological polar surface area (TPSA) is 55.4 Å². The summed E-state index contributed by atoms with van der Waals surface area (Å²) in [7, 11) is 0. The van der Waals surface area contributed by atoms with Crippen molar-refractivity contribution in [2.75, 3.05) is 6.61 Å². The number of carbonyl (C=O) groups is 2. The molecule has 7 heteroatoms. The fourth-order valence-electron chi connectivity index (χ4n) is 1.78. The van der Waals surface area contributed by atoms with Crippen LogP contribution in [0.15, 0.2) is 42.5 Å². The van der Waals surface area contributed by atoms with Crippen molar-refractivity contribution in [1.82, 2.24) is 5.32 Å². The van der Waals surface area contributed by atoms with Gasteiger partial charge in [-0.25, -0.2) is 18.0 Å². The summed E-state index contributed by atoms with van der Waals surface area (Å²) >= 11 is 0. The first-order valence-electron chi connectivity index (χ1n) is 6.60. The van der Waals surface area contributed by atoms with E-state index in [1.807, 2.05) is 0 Å². The average Bonchev–Trinajstić information content (AvgIpc) is 2.52. The molecule has 0 atom stereocenters. The second kappa shape index (κ2) is 7.44. The lowest BCUT2D eigenvalue weighted by molar-refractivity contribution is -0.124. The van der Waals surface area contributed by atoms with Crippen LogP contribution < -0.4 is 5.32 Å². The van der Waals surface area contributed by atoms with Crippen LogP contribution in [0.5, 0.6) is 0 Å². The normalized spacial score (nSPS) is 10.2. The number of amides is 1. The van der Waals surface area contributed by atoms with Gasteiger partial charge in [0.05, 0.1) is 0 Å². The van der Waals surface area contributed by atoms with E-state index in [1.54, 1.807) is 6.07 Å². The molecule has 2 aromatic carbocycles. The monoisotopic (exact) mass is 323 g/mol. The lowest BCUT2D eigenvalue weighted by Crippen LogP contribution is -2.29. The van der Waals surface area contributed by atoms with E-state index in [1.165, 1.54) is 18.2 Å². The molecular formula is C16H12F3NO3. The maximum absolute atomic E-state index is 13.4. The Morgan fingerprint density at radius 1 is 0.913 bits per heavy atom. The maximum atomic E-state index is 13.4. The van der Waals surface area contributed by atoms with Crippen molar-refractivity contribution < 1.29 is 27.5 Å². The van der Waals surface area contributed by atoms with Crippen molar-refractivity contribution in [2.45, 2.75) is 6.54 Å². The number of benzene rings is 2. The molecule has 23 heavy (non-hydrogen) atoms. The third-order valence-corrected chi connectivity index (χ3v) is 2.94. The van der Waals surface area contributed by atoms with Gasteiger partial charge in [0.2, 0.25) is 0 Å². The zero-order valence-electron chi connectivity index (χ0n) is 11.8. The highest BCUT2D eigenvalue weighted by Crippen LogP contribution is 2.13. The highest BCUT2D eigenvalue weighted by molar-refractivity contribution is 5.91. The van der Waals surface area contributed by atoms with Gasteiger partial charge >= 0.3 is 5.97 Å². The second-order valence-corrected chi connectivity index (χ2v) is 4.54. The molecule has 120 valence electrons. The number of hydrogen-bond acceptors (Lipinski definition) is 3. The van der Waals surface area contributed by atoms with Crippen LogP contribution in [0.2, 0.25) is 0 Å². The van der Waals surface area contributed by atoms with Crippen molar-refractivity contribution in [3.8, 4) is 0 Å². The van der Waals surface area contributed by atoms with E-state index < -0.39 is 41.5 Å². The summed E-state index contributed by atoms with van der Waals surface area (Å²) in [6.07, 6.45) is 0. The summed E-state index contributed by atoms with van der Waals surface area (Å²) in [6.45, 7) is -0.835. The van der Waals surface area contributed by atoms with E-state index in [4.69, 9.17) is 0 Å². The molecule has 4 nitrogen and oxygen atoms in total. The van der Waals surface area contributed by atoms with E-state index in [9.17, 15) is 22.8 Å². The van der Waals surface area contributed by atoms with E-state index in [-0.39, 0.29) is 12.1 Å². The lowest BCUT2D eigenvalue weighted by atomic mass is 10.2. The van der Waals surface area contributed by atoms with Crippen LogP contribution in [-0.4, -0.2) is 18.5 Å². The van der Waals surface area contributed by atoms with Gasteiger partial charge in [-0.2, -0.15) is 0 Å². The van der Waals surface area contributed by atoms with Gasteiger partial charge < -0.3 is 10.1 Å². The number of halogens is 3. The zero-order valence-corrected chi connectivity index (χ0v) is 11.8. The third-order valence-electron chi connectivity index (χ3n) is 2.94. The highest BCUT2D eigenvalue weighted by Gasteiger charge is 2.19. The molecule has 0 unspecified atom stereocenters. The van der Waals surface area contributed by atoms with E-state index in [0.717, 1.165) is 18.2 Å². The van der Waals surface area contributed by atoms with Crippen LogP contribution in [0.1, 0.15) is 15.9 Å². The fourth-order valence-corrected chi connectivity index (χ4v) is 1.78. The number of hydrogen-bond donors (Lipinski definition) is 1. The molecule has 0 heterocycles. The minimum Gasteiger partial charge on any atom is -0.452 e. The van der Waals surface area contributed by atoms with Gasteiger partial charge in [0, 0.05) is 12.1 Å². The molecule has 0 fully saturated rings. The van der Waals surface area contributed by atoms with Crippen LogP contribution in [0.4, 0.5) is 13.2 Å². The average molecular weight is 323 g/mol. The van der Waals surface area contributed by atoms with Crippen molar-refractivity contribution in [2.24, 2.45) is 0 Å². The summed E-state index contributed by atoms with van der Waals surface area (Å²) < 4.78 is 44.6. The molecule has 2 rings (SSSR count). The van der Waals surface area contributed by atoms with Gasteiger partial charge in [-0.1, -0.05) is 24.3 Å². The molecule has 0 aliphatic carbocycles. The van der Waals surface area contributed by atoms with Gasteiger partial charge in [0.25, 0.3) is 5.91 Å². The number of nitrogens with one attached hydrogen (secondary N) is 1. The van der Waals surface area contributed by atoms with Gasteiger partial charge in [0.15, 0.2) is 6.61 Å². The van der Waals surface area contributed by atoms with Crippen molar-refractivity contribution in [1.29, 1.82) is 0 Å². The zero-order chi connectivity index (χ0) is 16.8. The molecule has 0 saturated heterocycles. The predicted octanol–water partition coefficient (Wildman–Crippen LogP) is 2.58. The van der Waals surface area contributed by atoms with Crippen LogP contribution in [0, 0.1) is 17.5 Å². The summed E-state index contributed by atoms with van der Waals surface area (Å²) in [6, 6.07) is 8.73. The Morgan fingerprint density at radius 3 is 2.17 bits per heavy atom. The summed E-state index contributed by atoms with van der Waals surface area (Å²) in [5.74, 6) is -4.67. The first kappa shape index (κ1) is 16.5. The van der Waals surface area contributed by atoms with Crippen molar-refractivity contribution in [3.63, 3.8) is 0 Å². The second-order valence-electron chi connectivity index (χ2n) is 4.54. The highest BCUT2D eigenvalue weighted by atomic mass is 19.1. The Labute approximate surface area is 129 Å². The molecule has 0 saturated carbocycles. The van der Waals surface area contributed by atoms with E-state index in [0.29, 0.717) is 0 Å². The molecule has 0 radical (unpaired) electrons. The molecule has 0 aliphatic rings. The van der Waals surface area contributed by atoms with E-state index in [2.05, 4.69) is 10.1 Å². The standard InChI is InChI=1S/C16H12F3NO3/c17-11-5-2-1-4-10(11)8-20-14(21)9-23-16(22)15-12(18)6-3-7-13(15)19/h1-7H,8-9H2,(H,20,21). The quantitative estimate of drug-likeness (QED) is 0.861. The Hall–Kier alpha value is -2.83. The van der Waals surface area contributed by atoms with Gasteiger partial charge in [-0.05, 0) is 18.2 Å². The molecule has 1 amide bonds. The van der Waals surface area contributed by atoms with Crippen LogP contribution >= 0.6 is 0 Å². The Balaban J connectivity index is 1.87. The molecule has 1 N–H and O–H groups in total. The number of rotatable bonds is 5. The number of carbonyl (C=O) groups excluding carboxylic acids is 2. The van der Waals surface area contributed by atoms with Gasteiger partial charge in [-0.3, -0.25) is 4.79 Å². The van der Waals surface area contributed by atoms with Crippen molar-refractivity contribution in [3.05, 3.63) is 71.0 Å². The molecule has 0 bridgehead atoms. The third kappa shape index (κ3) is 4.32. The van der Waals surface area contributed by atoms with E-state index >= 15 is 0 Å².